The van der Waals surface area contributed by atoms with Crippen LogP contribution < -0.4 is 19.1 Å². The molecule has 1 atom stereocenters. The highest BCUT2D eigenvalue weighted by molar-refractivity contribution is 7.10. The van der Waals surface area contributed by atoms with Gasteiger partial charge in [-0.1, -0.05) is 19.9 Å². The average Bonchev–Trinajstić information content (AvgIpc) is 3.65. The van der Waals surface area contributed by atoms with Gasteiger partial charge < -0.3 is 24.3 Å². The van der Waals surface area contributed by atoms with Crippen molar-refractivity contribution in [2.24, 2.45) is 0 Å². The number of aromatic nitrogens is 2. The summed E-state index contributed by atoms with van der Waals surface area (Å²) >= 11 is 1.38. The number of H-pyrrole nitrogens is 1. The summed E-state index contributed by atoms with van der Waals surface area (Å²) in [6.45, 7) is 4.02. The van der Waals surface area contributed by atoms with E-state index in [1.54, 1.807) is 37.4 Å². The molecular formula is C28H27N3O6S. The number of carbonyl (C=O) groups is 2. The van der Waals surface area contributed by atoms with Crippen LogP contribution in [-0.4, -0.2) is 48.1 Å². The lowest BCUT2D eigenvalue weighted by Gasteiger charge is -2.21. The second-order valence-corrected chi connectivity index (χ2v) is 10.1. The van der Waals surface area contributed by atoms with Crippen molar-refractivity contribution in [1.29, 1.82) is 0 Å². The lowest BCUT2D eigenvalue weighted by atomic mass is 9.95. The van der Waals surface area contributed by atoms with Crippen molar-refractivity contribution >= 4 is 45.8 Å². The zero-order valence-electron chi connectivity index (χ0n) is 21.6. The van der Waals surface area contributed by atoms with Crippen LogP contribution in [0.25, 0.3) is 16.8 Å². The summed E-state index contributed by atoms with van der Waals surface area (Å²) in [6, 6.07) is 11.4. The van der Waals surface area contributed by atoms with Gasteiger partial charge in [0.25, 0.3) is 5.78 Å². The third-order valence-corrected chi connectivity index (χ3v) is 7.51. The minimum absolute atomic E-state index is 0.00654. The van der Waals surface area contributed by atoms with Gasteiger partial charge in [0.05, 0.1) is 37.9 Å². The number of ether oxygens (including phenoxy) is 3. The molecule has 5 rings (SSSR count). The number of carbonyl (C=O) groups excluding carboxylic acids is 2. The fraction of sp³-hybridized carbons (Fsp3) is 0.250. The number of imidazole rings is 1. The van der Waals surface area contributed by atoms with E-state index >= 15 is 0 Å². The van der Waals surface area contributed by atoms with E-state index in [-0.39, 0.29) is 23.2 Å². The van der Waals surface area contributed by atoms with Gasteiger partial charge >= 0.3 is 5.91 Å². The fourth-order valence-electron chi connectivity index (χ4n) is 4.69. The average molecular weight is 534 g/mol. The zero-order valence-corrected chi connectivity index (χ0v) is 22.4. The van der Waals surface area contributed by atoms with Crippen molar-refractivity contribution in [1.82, 2.24) is 9.97 Å². The molecule has 0 saturated carbocycles. The number of aliphatic hydroxyl groups is 1. The highest BCUT2D eigenvalue weighted by Gasteiger charge is 2.48. The predicted molar refractivity (Wildman–Crippen MR) is 145 cm³/mol. The molecule has 3 heterocycles. The van der Waals surface area contributed by atoms with Gasteiger partial charge in [-0.15, -0.1) is 11.3 Å². The number of ketones is 1. The Morgan fingerprint density at radius 3 is 2.37 bits per heavy atom. The van der Waals surface area contributed by atoms with Crippen molar-refractivity contribution in [3.05, 3.63) is 69.4 Å². The lowest BCUT2D eigenvalue weighted by Crippen LogP contribution is -2.30. The maximum Gasteiger partial charge on any atom is 0.302 e. The first-order valence-corrected chi connectivity index (χ1v) is 12.8. The molecule has 2 N–H and O–H groups in total. The number of thiophene rings is 1. The monoisotopic (exact) mass is 533 g/mol. The minimum atomic E-state index is -0.871. The number of aromatic amines is 1. The van der Waals surface area contributed by atoms with Crippen LogP contribution in [0.3, 0.4) is 0 Å². The summed E-state index contributed by atoms with van der Waals surface area (Å²) in [4.78, 5) is 36.7. The molecule has 0 radical (unpaired) electrons. The number of benzene rings is 2. The standard InChI is InChI=1S/C28H27N3O6S/c1-14(2)16-11-15(8-9-19(16)35-3)25(32)23-24(22-7-6-10-38-22)31(27(34)26(23)33)28-29-17-12-20(36-4)21(37-5)13-18(17)30-28/h6-14,24,32H,1-5H3,(H,29,30)/b25-23+. The number of methoxy groups -OCH3 is 3. The molecule has 1 fully saturated rings. The Bertz CT molecular complexity index is 1530. The number of amides is 1. The number of hydrogen-bond acceptors (Lipinski definition) is 8. The van der Waals surface area contributed by atoms with E-state index in [1.807, 2.05) is 31.4 Å². The third-order valence-electron chi connectivity index (χ3n) is 6.59. The minimum Gasteiger partial charge on any atom is -0.507 e. The van der Waals surface area contributed by atoms with E-state index in [9.17, 15) is 14.7 Å². The Morgan fingerprint density at radius 1 is 1.03 bits per heavy atom. The Labute approximate surface area is 223 Å². The van der Waals surface area contributed by atoms with E-state index in [4.69, 9.17) is 14.2 Å². The highest BCUT2D eigenvalue weighted by Crippen LogP contribution is 2.44. The van der Waals surface area contributed by atoms with E-state index in [2.05, 4.69) is 9.97 Å². The molecule has 1 saturated heterocycles. The van der Waals surface area contributed by atoms with Crippen molar-refractivity contribution in [2.45, 2.75) is 25.8 Å². The second kappa shape index (κ2) is 9.86. The maximum atomic E-state index is 13.5. The number of nitrogens with one attached hydrogen (secondary N) is 1. The van der Waals surface area contributed by atoms with Crippen LogP contribution in [0.2, 0.25) is 0 Å². The Kier molecular flexibility index (Phi) is 6.58. The first-order chi connectivity index (χ1) is 18.3. The smallest absolute Gasteiger partial charge is 0.302 e. The van der Waals surface area contributed by atoms with Crippen LogP contribution in [0.15, 0.2) is 53.4 Å². The van der Waals surface area contributed by atoms with Gasteiger partial charge in [0, 0.05) is 22.6 Å². The van der Waals surface area contributed by atoms with Crippen LogP contribution in [0.4, 0.5) is 5.95 Å². The van der Waals surface area contributed by atoms with Gasteiger partial charge in [0.15, 0.2) is 11.5 Å². The van der Waals surface area contributed by atoms with Crippen LogP contribution in [0.5, 0.6) is 17.2 Å². The van der Waals surface area contributed by atoms with Gasteiger partial charge in [-0.2, -0.15) is 0 Å². The number of nitrogens with zero attached hydrogens (tertiary/aromatic N) is 2. The Hall–Kier alpha value is -4.31. The Balaban J connectivity index is 1.69. The zero-order chi connectivity index (χ0) is 27.1. The SMILES string of the molecule is COc1cc2nc(N3C(=O)C(=O)/C(=C(/O)c4ccc(OC)c(C(C)C)c4)C3c3cccs3)[nH]c2cc1OC. The molecule has 38 heavy (non-hydrogen) atoms. The summed E-state index contributed by atoms with van der Waals surface area (Å²) in [5.41, 5.74) is 2.42. The largest absolute Gasteiger partial charge is 0.507 e. The van der Waals surface area contributed by atoms with Gasteiger partial charge in [-0.3, -0.25) is 14.5 Å². The van der Waals surface area contributed by atoms with E-state index in [0.717, 1.165) is 5.56 Å². The molecule has 10 heteroatoms. The predicted octanol–water partition coefficient (Wildman–Crippen LogP) is 5.40. The van der Waals surface area contributed by atoms with Crippen LogP contribution in [0.1, 0.15) is 41.8 Å². The molecule has 1 amide bonds. The summed E-state index contributed by atoms with van der Waals surface area (Å²) in [7, 11) is 4.64. The van der Waals surface area contributed by atoms with Crippen molar-refractivity contribution in [3.63, 3.8) is 0 Å². The van der Waals surface area contributed by atoms with Crippen molar-refractivity contribution in [2.75, 3.05) is 26.2 Å². The summed E-state index contributed by atoms with van der Waals surface area (Å²) < 4.78 is 16.2. The summed E-state index contributed by atoms with van der Waals surface area (Å²) in [5, 5.41) is 13.3. The Morgan fingerprint density at radius 2 is 1.74 bits per heavy atom. The normalized spacial score (nSPS) is 17.0. The lowest BCUT2D eigenvalue weighted by molar-refractivity contribution is -0.132. The molecule has 2 aromatic heterocycles. The van der Waals surface area contributed by atoms with E-state index in [0.29, 0.717) is 38.7 Å². The quantitative estimate of drug-likeness (QED) is 0.186. The van der Waals surface area contributed by atoms with Crippen LogP contribution in [-0.2, 0) is 9.59 Å². The third kappa shape index (κ3) is 4.06. The number of rotatable bonds is 7. The van der Waals surface area contributed by atoms with E-state index < -0.39 is 17.7 Å². The molecule has 4 aromatic rings. The summed E-state index contributed by atoms with van der Waals surface area (Å²) in [5.74, 6) is 0.0974. The number of hydrogen-bond donors (Lipinski definition) is 2. The number of fused-ring (bicyclic) bond motifs is 1. The van der Waals surface area contributed by atoms with Gasteiger partial charge in [-0.05, 0) is 41.1 Å². The first-order valence-electron chi connectivity index (χ1n) is 11.9. The first kappa shape index (κ1) is 25.3. The fourth-order valence-corrected chi connectivity index (χ4v) is 5.52. The van der Waals surface area contributed by atoms with E-state index in [1.165, 1.54) is 30.5 Å². The number of Topliss-reactive ketones (excluding diaryl/α,β-unsaturated/α-hetero) is 1. The molecule has 9 nitrogen and oxygen atoms in total. The molecule has 196 valence electrons. The topological polar surface area (TPSA) is 114 Å². The molecular weight excluding hydrogens is 506 g/mol. The molecule has 1 aliphatic rings. The van der Waals surface area contributed by atoms with Crippen LogP contribution >= 0.6 is 11.3 Å². The maximum absolute atomic E-state index is 13.5. The second-order valence-electron chi connectivity index (χ2n) is 9.08. The van der Waals surface area contributed by atoms with Crippen molar-refractivity contribution in [3.8, 4) is 17.2 Å². The molecule has 2 aromatic carbocycles. The van der Waals surface area contributed by atoms with Crippen LogP contribution in [0, 0.1) is 0 Å². The summed E-state index contributed by atoms with van der Waals surface area (Å²) in [6.07, 6.45) is 0. The molecule has 1 aliphatic heterocycles. The molecule has 0 bridgehead atoms. The highest BCUT2D eigenvalue weighted by atomic mass is 32.1. The van der Waals surface area contributed by atoms with Crippen molar-refractivity contribution < 1.29 is 28.9 Å². The molecule has 1 unspecified atom stereocenters. The molecule has 0 spiro atoms. The number of anilines is 1. The number of aliphatic hydroxyl groups excluding tert-OH is 1. The van der Waals surface area contributed by atoms with Gasteiger partial charge in [0.2, 0.25) is 5.95 Å². The van der Waals surface area contributed by atoms with Gasteiger partial charge in [0.1, 0.15) is 17.6 Å². The molecule has 0 aliphatic carbocycles. The van der Waals surface area contributed by atoms with Gasteiger partial charge in [-0.25, -0.2) is 4.98 Å².